The molecule has 2 aliphatic rings. The van der Waals surface area contributed by atoms with E-state index in [9.17, 15) is 9.90 Å². The Kier molecular flexibility index (Phi) is 4.87. The molecule has 1 unspecified atom stereocenters. The van der Waals surface area contributed by atoms with E-state index in [4.69, 9.17) is 9.47 Å². The minimum absolute atomic E-state index is 0.0669. The summed E-state index contributed by atoms with van der Waals surface area (Å²) in [4.78, 5) is 12.8. The third-order valence-electron chi connectivity index (χ3n) is 5.15. The highest BCUT2D eigenvalue weighted by Gasteiger charge is 2.51. The van der Waals surface area contributed by atoms with Crippen LogP contribution >= 0.6 is 0 Å². The van der Waals surface area contributed by atoms with Gasteiger partial charge in [-0.3, -0.25) is 4.79 Å². The number of rotatable bonds is 6. The van der Waals surface area contributed by atoms with Gasteiger partial charge in [-0.1, -0.05) is 18.2 Å². The van der Waals surface area contributed by atoms with Crippen molar-refractivity contribution in [3.8, 4) is 5.75 Å². The summed E-state index contributed by atoms with van der Waals surface area (Å²) in [7, 11) is 1.58. The molecule has 1 amide bonds. The topological polar surface area (TPSA) is 67.8 Å². The van der Waals surface area contributed by atoms with Gasteiger partial charge in [0.05, 0.1) is 18.6 Å². The molecule has 1 saturated carbocycles. The molecule has 1 aliphatic carbocycles. The van der Waals surface area contributed by atoms with Crippen LogP contribution in [0.2, 0.25) is 0 Å². The average Bonchev–Trinajstić information content (AvgIpc) is 3.45. The zero-order valence-corrected chi connectivity index (χ0v) is 13.6. The Morgan fingerprint density at radius 1 is 1.39 bits per heavy atom. The zero-order chi connectivity index (χ0) is 16.3. The summed E-state index contributed by atoms with van der Waals surface area (Å²) in [6, 6.07) is 7.34. The highest BCUT2D eigenvalue weighted by molar-refractivity contribution is 5.83. The van der Waals surface area contributed by atoms with Crippen LogP contribution in [0.15, 0.2) is 24.3 Å². The molecule has 126 valence electrons. The molecular weight excluding hydrogens is 294 g/mol. The van der Waals surface area contributed by atoms with Crippen molar-refractivity contribution in [3.05, 3.63) is 29.8 Å². The summed E-state index contributed by atoms with van der Waals surface area (Å²) < 4.78 is 10.7. The van der Waals surface area contributed by atoms with Gasteiger partial charge in [0.25, 0.3) is 0 Å². The van der Waals surface area contributed by atoms with E-state index in [1.165, 1.54) is 0 Å². The molecule has 0 bridgehead atoms. The van der Waals surface area contributed by atoms with Crippen molar-refractivity contribution < 1.29 is 19.4 Å². The monoisotopic (exact) mass is 319 g/mol. The second kappa shape index (κ2) is 6.89. The first-order valence-corrected chi connectivity index (χ1v) is 8.34. The maximum Gasteiger partial charge on any atom is 0.226 e. The van der Waals surface area contributed by atoms with Gasteiger partial charge in [-0.25, -0.2) is 0 Å². The lowest BCUT2D eigenvalue weighted by Crippen LogP contribution is -2.47. The molecule has 5 nitrogen and oxygen atoms in total. The lowest BCUT2D eigenvalue weighted by molar-refractivity contribution is -0.139. The maximum absolute atomic E-state index is 12.8. The van der Waals surface area contributed by atoms with Gasteiger partial charge in [0.2, 0.25) is 5.91 Å². The highest BCUT2D eigenvalue weighted by atomic mass is 16.5. The van der Waals surface area contributed by atoms with Crippen LogP contribution in [0.1, 0.15) is 37.4 Å². The Bertz CT molecular complexity index is 550. The number of benzene rings is 1. The summed E-state index contributed by atoms with van der Waals surface area (Å²) >= 11 is 0. The largest absolute Gasteiger partial charge is 0.496 e. The molecule has 0 aromatic heterocycles. The Morgan fingerprint density at radius 3 is 2.74 bits per heavy atom. The second-order valence-electron chi connectivity index (χ2n) is 6.51. The van der Waals surface area contributed by atoms with E-state index in [1.54, 1.807) is 7.11 Å². The third-order valence-corrected chi connectivity index (χ3v) is 5.15. The van der Waals surface area contributed by atoms with E-state index in [0.29, 0.717) is 30.4 Å². The minimum Gasteiger partial charge on any atom is -0.496 e. The van der Waals surface area contributed by atoms with Crippen molar-refractivity contribution in [1.29, 1.82) is 0 Å². The molecule has 5 heteroatoms. The lowest BCUT2D eigenvalue weighted by Gasteiger charge is -2.36. The Hall–Kier alpha value is -1.59. The first kappa shape index (κ1) is 16.3. The fourth-order valence-corrected chi connectivity index (χ4v) is 3.61. The van der Waals surface area contributed by atoms with E-state index in [-0.39, 0.29) is 17.9 Å². The molecular formula is C18H25NO4. The molecule has 3 rings (SSSR count). The molecule has 2 N–H and O–H groups in total. The number of amides is 1. The van der Waals surface area contributed by atoms with Crippen molar-refractivity contribution in [2.75, 3.05) is 26.9 Å². The van der Waals surface area contributed by atoms with Gasteiger partial charge in [0.15, 0.2) is 0 Å². The van der Waals surface area contributed by atoms with E-state index in [2.05, 4.69) is 5.32 Å². The zero-order valence-electron chi connectivity index (χ0n) is 13.6. The molecule has 0 spiro atoms. The first-order chi connectivity index (χ1) is 11.2. The number of nitrogens with one attached hydrogen (secondary N) is 1. The fourth-order valence-electron chi connectivity index (χ4n) is 3.61. The van der Waals surface area contributed by atoms with Crippen molar-refractivity contribution in [2.45, 2.75) is 31.8 Å². The standard InChI is InChI=1S/C18H25NO4/c1-22-16-5-3-2-4-14(16)15(20)12-19-17(21)18(13-6-7-13)8-10-23-11-9-18/h2-5,13,15,20H,6-12H2,1H3,(H,19,21). The van der Waals surface area contributed by atoms with Gasteiger partial charge < -0.3 is 19.9 Å². The molecule has 1 aromatic rings. The number of hydrogen-bond donors (Lipinski definition) is 2. The lowest BCUT2D eigenvalue weighted by atomic mass is 9.74. The van der Waals surface area contributed by atoms with Gasteiger partial charge in [0.1, 0.15) is 5.75 Å². The SMILES string of the molecule is COc1ccccc1C(O)CNC(=O)C1(C2CC2)CCOCC1. The first-order valence-electron chi connectivity index (χ1n) is 8.34. The second-order valence-corrected chi connectivity index (χ2v) is 6.51. The number of aliphatic hydroxyl groups is 1. The van der Waals surface area contributed by atoms with Crippen LogP contribution in [0.4, 0.5) is 0 Å². The van der Waals surface area contributed by atoms with Gasteiger partial charge in [-0.15, -0.1) is 0 Å². The van der Waals surface area contributed by atoms with Gasteiger partial charge in [-0.2, -0.15) is 0 Å². The summed E-state index contributed by atoms with van der Waals surface area (Å²) in [5.74, 6) is 1.18. The number of methoxy groups -OCH3 is 1. The summed E-state index contributed by atoms with van der Waals surface area (Å²) in [5.41, 5.74) is 0.404. The Balaban J connectivity index is 1.63. The van der Waals surface area contributed by atoms with E-state index < -0.39 is 6.10 Å². The van der Waals surface area contributed by atoms with Crippen LogP contribution < -0.4 is 10.1 Å². The Labute approximate surface area is 137 Å². The quantitative estimate of drug-likeness (QED) is 0.842. The van der Waals surface area contributed by atoms with Crippen LogP contribution in [-0.4, -0.2) is 37.9 Å². The normalized spacial score (nSPS) is 21.5. The van der Waals surface area contributed by atoms with Gasteiger partial charge >= 0.3 is 0 Å². The van der Waals surface area contributed by atoms with Crippen LogP contribution in [0, 0.1) is 11.3 Å². The molecule has 23 heavy (non-hydrogen) atoms. The van der Waals surface area contributed by atoms with Crippen molar-refractivity contribution in [3.63, 3.8) is 0 Å². The summed E-state index contributed by atoms with van der Waals surface area (Å²) in [5, 5.41) is 13.4. The molecule has 2 fully saturated rings. The molecule has 1 aliphatic heterocycles. The number of carbonyl (C=O) groups excluding carboxylic acids is 1. The van der Waals surface area contributed by atoms with E-state index in [0.717, 1.165) is 25.7 Å². The number of carbonyl (C=O) groups is 1. The van der Waals surface area contributed by atoms with Crippen LogP contribution in [0.3, 0.4) is 0 Å². The number of ether oxygens (including phenoxy) is 2. The number of para-hydroxylation sites is 1. The molecule has 1 atom stereocenters. The fraction of sp³-hybridized carbons (Fsp3) is 0.611. The van der Waals surface area contributed by atoms with Gasteiger partial charge in [0, 0.05) is 25.3 Å². The van der Waals surface area contributed by atoms with E-state index >= 15 is 0 Å². The van der Waals surface area contributed by atoms with Crippen molar-refractivity contribution in [1.82, 2.24) is 5.32 Å². The number of hydrogen-bond acceptors (Lipinski definition) is 4. The number of aliphatic hydroxyl groups excluding tert-OH is 1. The predicted molar refractivity (Wildman–Crippen MR) is 86.2 cm³/mol. The van der Waals surface area contributed by atoms with Crippen LogP contribution in [0.5, 0.6) is 5.75 Å². The average molecular weight is 319 g/mol. The summed E-state index contributed by atoms with van der Waals surface area (Å²) in [6.45, 7) is 1.51. The third kappa shape index (κ3) is 3.35. The smallest absolute Gasteiger partial charge is 0.226 e. The van der Waals surface area contributed by atoms with Crippen molar-refractivity contribution in [2.24, 2.45) is 11.3 Å². The van der Waals surface area contributed by atoms with Crippen LogP contribution in [0.25, 0.3) is 0 Å². The summed E-state index contributed by atoms with van der Waals surface area (Å²) in [6.07, 6.45) is 3.05. The van der Waals surface area contributed by atoms with E-state index in [1.807, 2.05) is 24.3 Å². The molecule has 1 heterocycles. The maximum atomic E-state index is 12.8. The van der Waals surface area contributed by atoms with Gasteiger partial charge in [-0.05, 0) is 37.7 Å². The highest BCUT2D eigenvalue weighted by Crippen LogP contribution is 2.51. The molecule has 1 aromatic carbocycles. The Morgan fingerprint density at radius 2 is 2.09 bits per heavy atom. The minimum atomic E-state index is -0.772. The predicted octanol–water partition coefficient (Wildman–Crippen LogP) is 2.05. The van der Waals surface area contributed by atoms with Crippen LogP contribution in [-0.2, 0) is 9.53 Å². The van der Waals surface area contributed by atoms with Crippen molar-refractivity contribution >= 4 is 5.91 Å². The molecule has 1 saturated heterocycles. The molecule has 0 radical (unpaired) electrons.